The molecule has 3 nitrogen and oxygen atoms in total. The lowest BCUT2D eigenvalue weighted by Gasteiger charge is -2.13. The van der Waals surface area contributed by atoms with Crippen LogP contribution < -0.4 is 4.74 Å². The summed E-state index contributed by atoms with van der Waals surface area (Å²) in [6, 6.07) is 9.92. The Bertz CT molecular complexity index is 567. The highest BCUT2D eigenvalue weighted by Crippen LogP contribution is 2.27. The number of fused-ring (bicyclic) bond motifs is 1. The first-order valence-corrected chi connectivity index (χ1v) is 7.05. The molecule has 1 aliphatic heterocycles. The third kappa shape index (κ3) is 2.82. The molecule has 3 rings (SSSR count). The average molecular weight is 278 g/mol. The first-order chi connectivity index (χ1) is 9.36. The molecule has 1 unspecified atom stereocenters. The largest absolute Gasteiger partial charge is 0.492 e. The van der Waals surface area contributed by atoms with Gasteiger partial charge in [-0.25, -0.2) is 0 Å². The van der Waals surface area contributed by atoms with Crippen molar-refractivity contribution in [3.05, 3.63) is 36.0 Å². The van der Waals surface area contributed by atoms with Gasteiger partial charge in [0.15, 0.2) is 0 Å². The predicted octanol–water partition coefficient (Wildman–Crippen LogP) is 3.39. The summed E-state index contributed by atoms with van der Waals surface area (Å²) >= 11 is 5.89. The van der Waals surface area contributed by atoms with Crippen molar-refractivity contribution in [2.45, 2.75) is 12.3 Å². The maximum Gasteiger partial charge on any atom is 0.130 e. The van der Waals surface area contributed by atoms with Crippen LogP contribution >= 0.6 is 11.6 Å². The number of benzene rings is 1. The second-order valence-electron chi connectivity index (χ2n) is 4.80. The van der Waals surface area contributed by atoms with Gasteiger partial charge < -0.3 is 9.47 Å². The molecule has 2 aromatic rings. The van der Waals surface area contributed by atoms with Crippen LogP contribution in [0, 0.1) is 5.92 Å². The summed E-state index contributed by atoms with van der Waals surface area (Å²) < 4.78 is 11.3. The molecule has 19 heavy (non-hydrogen) atoms. The smallest absolute Gasteiger partial charge is 0.130 e. The fraction of sp³-hybridized carbons (Fsp3) is 0.400. The Kier molecular flexibility index (Phi) is 3.85. The molecule has 1 aromatic carbocycles. The summed E-state index contributed by atoms with van der Waals surface area (Å²) in [6.45, 7) is 2.33. The van der Waals surface area contributed by atoms with Gasteiger partial charge in [0.25, 0.3) is 0 Å². The van der Waals surface area contributed by atoms with Gasteiger partial charge in [0.1, 0.15) is 5.75 Å². The molecule has 0 N–H and O–H groups in total. The van der Waals surface area contributed by atoms with Crippen LogP contribution in [0.3, 0.4) is 0 Å². The number of pyridine rings is 1. The Morgan fingerprint density at radius 2 is 2.26 bits per heavy atom. The molecule has 0 bridgehead atoms. The highest BCUT2D eigenvalue weighted by molar-refractivity contribution is 6.17. The van der Waals surface area contributed by atoms with Crippen molar-refractivity contribution in [2.24, 2.45) is 5.92 Å². The molecule has 100 valence electrons. The number of hydrogen-bond donors (Lipinski definition) is 0. The highest BCUT2D eigenvalue weighted by Gasteiger charge is 2.17. The minimum absolute atomic E-state index is 0.397. The Labute approximate surface area is 117 Å². The number of para-hydroxylation sites is 1. The zero-order valence-corrected chi connectivity index (χ0v) is 11.4. The summed E-state index contributed by atoms with van der Waals surface area (Å²) in [5.41, 5.74) is 1.77. The Morgan fingerprint density at radius 1 is 1.37 bits per heavy atom. The summed E-state index contributed by atoms with van der Waals surface area (Å²) in [6.07, 6.45) is 1.07. The van der Waals surface area contributed by atoms with Crippen molar-refractivity contribution in [1.82, 2.24) is 4.98 Å². The lowest BCUT2D eigenvalue weighted by atomic mass is 10.1. The maximum atomic E-state index is 5.97. The van der Waals surface area contributed by atoms with E-state index in [2.05, 4.69) is 4.98 Å². The van der Waals surface area contributed by atoms with Crippen molar-refractivity contribution in [3.63, 3.8) is 0 Å². The van der Waals surface area contributed by atoms with Gasteiger partial charge in [0.05, 0.1) is 30.3 Å². The first-order valence-electron chi connectivity index (χ1n) is 6.52. The lowest BCUT2D eigenvalue weighted by Crippen LogP contribution is -2.12. The van der Waals surface area contributed by atoms with Gasteiger partial charge in [-0.1, -0.05) is 12.1 Å². The number of rotatable bonds is 4. The van der Waals surface area contributed by atoms with Crippen LogP contribution in [0.1, 0.15) is 12.1 Å². The molecule has 0 spiro atoms. The standard InChI is InChI=1S/C15H16ClNO2/c16-8-12-7-15(19-10-11-5-6-18-9-11)13-3-1-2-4-14(13)17-12/h1-4,7,11H,5-6,8-10H2. The van der Waals surface area contributed by atoms with E-state index < -0.39 is 0 Å². The zero-order valence-electron chi connectivity index (χ0n) is 10.6. The monoisotopic (exact) mass is 277 g/mol. The van der Waals surface area contributed by atoms with Crippen molar-refractivity contribution in [1.29, 1.82) is 0 Å². The fourth-order valence-electron chi connectivity index (χ4n) is 2.31. The van der Waals surface area contributed by atoms with Gasteiger partial charge in [0.2, 0.25) is 0 Å². The van der Waals surface area contributed by atoms with E-state index in [1.165, 1.54) is 0 Å². The van der Waals surface area contributed by atoms with E-state index in [1.807, 2.05) is 30.3 Å². The van der Waals surface area contributed by atoms with Crippen molar-refractivity contribution >= 4 is 22.5 Å². The van der Waals surface area contributed by atoms with E-state index in [1.54, 1.807) is 0 Å². The summed E-state index contributed by atoms with van der Waals surface area (Å²) in [4.78, 5) is 4.50. The van der Waals surface area contributed by atoms with E-state index in [0.29, 0.717) is 18.4 Å². The second-order valence-corrected chi connectivity index (χ2v) is 5.07. The van der Waals surface area contributed by atoms with Crippen molar-refractivity contribution in [2.75, 3.05) is 19.8 Å². The van der Waals surface area contributed by atoms with E-state index >= 15 is 0 Å². The van der Waals surface area contributed by atoms with Crippen LogP contribution in [-0.4, -0.2) is 24.8 Å². The number of alkyl halides is 1. The first kappa shape index (κ1) is 12.7. The van der Waals surface area contributed by atoms with Gasteiger partial charge in [-0.05, 0) is 18.6 Å². The normalized spacial score (nSPS) is 18.9. The summed E-state index contributed by atoms with van der Waals surface area (Å²) in [5, 5.41) is 1.04. The second kappa shape index (κ2) is 5.76. The summed E-state index contributed by atoms with van der Waals surface area (Å²) in [5.74, 6) is 1.76. The van der Waals surface area contributed by atoms with Gasteiger partial charge in [-0.3, -0.25) is 4.98 Å². The highest BCUT2D eigenvalue weighted by atomic mass is 35.5. The van der Waals surface area contributed by atoms with E-state index in [-0.39, 0.29) is 0 Å². The van der Waals surface area contributed by atoms with Crippen LogP contribution in [0.2, 0.25) is 0 Å². The van der Waals surface area contributed by atoms with Crippen LogP contribution in [0.25, 0.3) is 10.9 Å². The molecular weight excluding hydrogens is 262 g/mol. The topological polar surface area (TPSA) is 31.4 Å². The predicted molar refractivity (Wildman–Crippen MR) is 75.7 cm³/mol. The third-order valence-electron chi connectivity index (χ3n) is 3.37. The van der Waals surface area contributed by atoms with E-state index in [0.717, 1.165) is 42.0 Å². The zero-order chi connectivity index (χ0) is 13.1. The number of halogens is 1. The molecule has 2 heterocycles. The van der Waals surface area contributed by atoms with Crippen molar-refractivity contribution in [3.8, 4) is 5.75 Å². The molecule has 1 saturated heterocycles. The van der Waals surface area contributed by atoms with Crippen LogP contribution in [0.15, 0.2) is 30.3 Å². The minimum Gasteiger partial charge on any atom is -0.492 e. The molecule has 4 heteroatoms. The minimum atomic E-state index is 0.397. The fourth-order valence-corrected chi connectivity index (χ4v) is 2.44. The van der Waals surface area contributed by atoms with Gasteiger partial charge in [-0.2, -0.15) is 0 Å². The lowest BCUT2D eigenvalue weighted by molar-refractivity contribution is 0.167. The molecule has 0 radical (unpaired) electrons. The van der Waals surface area contributed by atoms with Gasteiger partial charge >= 0.3 is 0 Å². The Morgan fingerprint density at radius 3 is 3.05 bits per heavy atom. The van der Waals surface area contributed by atoms with Gasteiger partial charge in [0, 0.05) is 24.0 Å². The maximum absolute atomic E-state index is 5.97. The molecule has 0 amide bonds. The molecule has 1 aliphatic rings. The van der Waals surface area contributed by atoms with Crippen LogP contribution in [0.4, 0.5) is 0 Å². The SMILES string of the molecule is ClCc1cc(OCC2CCOC2)c2ccccc2n1. The van der Waals surface area contributed by atoms with Gasteiger partial charge in [-0.15, -0.1) is 11.6 Å². The van der Waals surface area contributed by atoms with E-state index in [4.69, 9.17) is 21.1 Å². The number of nitrogens with zero attached hydrogens (tertiary/aromatic N) is 1. The Hall–Kier alpha value is -1.32. The molecule has 1 aromatic heterocycles. The number of hydrogen-bond acceptors (Lipinski definition) is 3. The molecule has 1 atom stereocenters. The number of ether oxygens (including phenoxy) is 2. The molecular formula is C15H16ClNO2. The Balaban J connectivity index is 1.87. The molecule has 0 saturated carbocycles. The number of aromatic nitrogens is 1. The third-order valence-corrected chi connectivity index (χ3v) is 3.64. The van der Waals surface area contributed by atoms with Crippen LogP contribution in [0.5, 0.6) is 5.75 Å². The average Bonchev–Trinajstić information content (AvgIpc) is 2.97. The summed E-state index contributed by atoms with van der Waals surface area (Å²) in [7, 11) is 0. The quantitative estimate of drug-likeness (QED) is 0.803. The molecule has 0 aliphatic carbocycles. The molecule has 1 fully saturated rings. The van der Waals surface area contributed by atoms with E-state index in [9.17, 15) is 0 Å². The van der Waals surface area contributed by atoms with Crippen molar-refractivity contribution < 1.29 is 9.47 Å². The van der Waals surface area contributed by atoms with Crippen LogP contribution in [-0.2, 0) is 10.6 Å².